The lowest BCUT2D eigenvalue weighted by Gasteiger charge is -2.12. The summed E-state index contributed by atoms with van der Waals surface area (Å²) >= 11 is 5.94. The van der Waals surface area contributed by atoms with Gasteiger partial charge in [-0.2, -0.15) is 13.2 Å². The fourth-order valence-corrected chi connectivity index (χ4v) is 2.06. The van der Waals surface area contributed by atoms with Crippen molar-refractivity contribution in [2.75, 3.05) is 0 Å². The van der Waals surface area contributed by atoms with Gasteiger partial charge in [0, 0.05) is 16.1 Å². The predicted molar refractivity (Wildman–Crippen MR) is 70.4 cm³/mol. The molecular formula is C14H9ClF3NO. The minimum atomic E-state index is -4.49. The molecule has 0 bridgehead atoms. The zero-order valence-electron chi connectivity index (χ0n) is 10.0. The van der Waals surface area contributed by atoms with Gasteiger partial charge in [0.05, 0.1) is 5.56 Å². The van der Waals surface area contributed by atoms with Crippen molar-refractivity contribution in [2.45, 2.75) is 6.18 Å². The van der Waals surface area contributed by atoms with Crippen molar-refractivity contribution in [3.8, 4) is 11.1 Å². The van der Waals surface area contributed by atoms with Crippen LogP contribution in [0.1, 0.15) is 15.9 Å². The van der Waals surface area contributed by atoms with E-state index in [1.165, 1.54) is 12.1 Å². The zero-order chi connectivity index (χ0) is 14.9. The maximum absolute atomic E-state index is 12.7. The molecule has 1 amide bonds. The molecule has 2 aromatic carbocycles. The zero-order valence-corrected chi connectivity index (χ0v) is 10.8. The number of primary amides is 1. The van der Waals surface area contributed by atoms with E-state index in [1.54, 1.807) is 12.1 Å². The molecule has 104 valence electrons. The van der Waals surface area contributed by atoms with Gasteiger partial charge >= 0.3 is 6.18 Å². The van der Waals surface area contributed by atoms with Crippen LogP contribution in [0.4, 0.5) is 13.2 Å². The molecule has 20 heavy (non-hydrogen) atoms. The Labute approximate surface area is 118 Å². The molecule has 0 aliphatic carbocycles. The summed E-state index contributed by atoms with van der Waals surface area (Å²) in [6, 6.07) is 9.06. The highest BCUT2D eigenvalue weighted by atomic mass is 35.5. The largest absolute Gasteiger partial charge is 0.416 e. The summed E-state index contributed by atoms with van der Waals surface area (Å²) in [6.45, 7) is 0. The van der Waals surface area contributed by atoms with Crippen LogP contribution in [-0.2, 0) is 6.18 Å². The summed E-state index contributed by atoms with van der Waals surface area (Å²) in [5.74, 6) is -0.728. The average Bonchev–Trinajstić information content (AvgIpc) is 2.38. The van der Waals surface area contributed by atoms with Crippen molar-refractivity contribution in [3.05, 3.63) is 58.6 Å². The first kappa shape index (κ1) is 14.4. The molecule has 0 aliphatic heterocycles. The Kier molecular flexibility index (Phi) is 3.72. The molecule has 0 heterocycles. The van der Waals surface area contributed by atoms with Gasteiger partial charge in [-0.1, -0.05) is 29.8 Å². The van der Waals surface area contributed by atoms with Crippen LogP contribution in [0.25, 0.3) is 11.1 Å². The lowest BCUT2D eigenvalue weighted by Crippen LogP contribution is -2.12. The summed E-state index contributed by atoms with van der Waals surface area (Å²) in [4.78, 5) is 11.3. The second-order valence-corrected chi connectivity index (χ2v) is 4.51. The van der Waals surface area contributed by atoms with Crippen molar-refractivity contribution in [1.82, 2.24) is 0 Å². The van der Waals surface area contributed by atoms with Gasteiger partial charge in [0.15, 0.2) is 0 Å². The highest BCUT2D eigenvalue weighted by Crippen LogP contribution is 2.36. The quantitative estimate of drug-likeness (QED) is 0.890. The molecule has 2 rings (SSSR count). The Morgan fingerprint density at radius 2 is 1.70 bits per heavy atom. The van der Waals surface area contributed by atoms with Crippen LogP contribution < -0.4 is 5.73 Å². The van der Waals surface area contributed by atoms with Gasteiger partial charge < -0.3 is 5.73 Å². The van der Waals surface area contributed by atoms with Gasteiger partial charge in [0.2, 0.25) is 5.91 Å². The molecule has 0 fully saturated rings. The van der Waals surface area contributed by atoms with E-state index in [0.717, 1.165) is 18.2 Å². The third-order valence-electron chi connectivity index (χ3n) is 2.78. The van der Waals surface area contributed by atoms with Gasteiger partial charge in [-0.25, -0.2) is 0 Å². The monoisotopic (exact) mass is 299 g/mol. The Balaban J connectivity index is 2.67. The summed E-state index contributed by atoms with van der Waals surface area (Å²) in [7, 11) is 0. The molecule has 0 saturated heterocycles. The van der Waals surface area contributed by atoms with Gasteiger partial charge in [0.25, 0.3) is 0 Å². The highest BCUT2D eigenvalue weighted by molar-refractivity contribution is 6.33. The molecule has 0 aromatic heterocycles. The molecule has 0 spiro atoms. The number of hydrogen-bond donors (Lipinski definition) is 1. The molecular weight excluding hydrogens is 291 g/mol. The van der Waals surface area contributed by atoms with Crippen LogP contribution in [-0.4, -0.2) is 5.91 Å². The van der Waals surface area contributed by atoms with Crippen molar-refractivity contribution in [2.24, 2.45) is 5.73 Å². The third kappa shape index (κ3) is 2.77. The lowest BCUT2D eigenvalue weighted by molar-refractivity contribution is -0.137. The molecule has 0 atom stereocenters. The predicted octanol–water partition coefficient (Wildman–Crippen LogP) is 4.12. The first-order valence-electron chi connectivity index (χ1n) is 5.56. The number of amides is 1. The van der Waals surface area contributed by atoms with E-state index >= 15 is 0 Å². The molecule has 2 N–H and O–H groups in total. The van der Waals surface area contributed by atoms with Crippen molar-refractivity contribution >= 4 is 17.5 Å². The number of nitrogens with two attached hydrogens (primary N) is 1. The van der Waals surface area contributed by atoms with E-state index in [0.29, 0.717) is 0 Å². The fraction of sp³-hybridized carbons (Fsp3) is 0.0714. The number of carbonyl (C=O) groups excluding carboxylic acids is 1. The first-order chi connectivity index (χ1) is 9.30. The summed E-state index contributed by atoms with van der Waals surface area (Å²) in [6.07, 6.45) is -4.49. The van der Waals surface area contributed by atoms with Crippen molar-refractivity contribution in [3.63, 3.8) is 0 Å². The number of carbonyl (C=O) groups is 1. The first-order valence-corrected chi connectivity index (χ1v) is 5.94. The Morgan fingerprint density at radius 3 is 2.30 bits per heavy atom. The van der Waals surface area contributed by atoms with Gasteiger partial charge in [-0.05, 0) is 29.8 Å². The lowest BCUT2D eigenvalue weighted by atomic mass is 9.97. The molecule has 0 radical (unpaired) electrons. The van der Waals surface area contributed by atoms with Gasteiger partial charge in [-0.3, -0.25) is 4.79 Å². The molecule has 2 nitrogen and oxygen atoms in total. The number of hydrogen-bond acceptors (Lipinski definition) is 1. The van der Waals surface area contributed by atoms with Crippen LogP contribution in [0.5, 0.6) is 0 Å². The van der Waals surface area contributed by atoms with Crippen LogP contribution >= 0.6 is 11.6 Å². The van der Waals surface area contributed by atoms with E-state index in [-0.39, 0.29) is 21.7 Å². The van der Waals surface area contributed by atoms with Crippen LogP contribution in [0.15, 0.2) is 42.5 Å². The summed E-state index contributed by atoms with van der Waals surface area (Å²) in [5.41, 5.74) is 4.90. The van der Waals surface area contributed by atoms with Crippen LogP contribution in [0, 0.1) is 0 Å². The van der Waals surface area contributed by atoms with E-state index in [2.05, 4.69) is 0 Å². The minimum Gasteiger partial charge on any atom is -0.366 e. The molecule has 0 unspecified atom stereocenters. The van der Waals surface area contributed by atoms with E-state index < -0.39 is 17.6 Å². The van der Waals surface area contributed by atoms with Crippen molar-refractivity contribution in [1.29, 1.82) is 0 Å². The molecule has 6 heteroatoms. The summed E-state index contributed by atoms with van der Waals surface area (Å²) < 4.78 is 38.2. The SMILES string of the molecule is NC(=O)c1ccccc1-c1cc(C(F)(F)F)ccc1Cl. The Bertz CT molecular complexity index is 668. The third-order valence-corrected chi connectivity index (χ3v) is 3.11. The second kappa shape index (κ2) is 5.17. The smallest absolute Gasteiger partial charge is 0.366 e. The normalized spacial score (nSPS) is 11.4. The standard InChI is InChI=1S/C14H9ClF3NO/c15-12-6-5-8(14(16,17)18)7-11(12)9-3-1-2-4-10(9)13(19)20/h1-7H,(H2,19,20). The van der Waals surface area contributed by atoms with Gasteiger partial charge in [-0.15, -0.1) is 0 Å². The maximum Gasteiger partial charge on any atom is 0.416 e. The molecule has 0 saturated carbocycles. The Hall–Kier alpha value is -2.01. The molecule has 2 aromatic rings. The number of benzene rings is 2. The molecule has 0 aliphatic rings. The Morgan fingerprint density at radius 1 is 1.05 bits per heavy atom. The van der Waals surface area contributed by atoms with Crippen molar-refractivity contribution < 1.29 is 18.0 Å². The maximum atomic E-state index is 12.7. The highest BCUT2D eigenvalue weighted by Gasteiger charge is 2.31. The minimum absolute atomic E-state index is 0.117. The topological polar surface area (TPSA) is 43.1 Å². The summed E-state index contributed by atoms with van der Waals surface area (Å²) in [5, 5.41) is 0.117. The van der Waals surface area contributed by atoms with Crippen LogP contribution in [0.3, 0.4) is 0 Å². The fourth-order valence-electron chi connectivity index (χ4n) is 1.84. The number of alkyl halides is 3. The average molecular weight is 300 g/mol. The number of rotatable bonds is 2. The van der Waals surface area contributed by atoms with E-state index in [9.17, 15) is 18.0 Å². The van der Waals surface area contributed by atoms with Crippen LogP contribution in [0.2, 0.25) is 5.02 Å². The van der Waals surface area contributed by atoms with E-state index in [4.69, 9.17) is 17.3 Å². The van der Waals surface area contributed by atoms with E-state index in [1.807, 2.05) is 0 Å². The number of halogens is 4. The second-order valence-electron chi connectivity index (χ2n) is 4.10. The van der Waals surface area contributed by atoms with Gasteiger partial charge in [0.1, 0.15) is 0 Å².